The summed E-state index contributed by atoms with van der Waals surface area (Å²) >= 11 is 0. The molecule has 0 aromatic carbocycles. The summed E-state index contributed by atoms with van der Waals surface area (Å²) in [5, 5.41) is 11.4. The van der Waals surface area contributed by atoms with Crippen LogP contribution in [0.1, 0.15) is 39.0 Å². The van der Waals surface area contributed by atoms with Gasteiger partial charge in [0.25, 0.3) is 0 Å². The molecule has 0 aliphatic carbocycles. The number of carboxylic acids is 1. The molecule has 1 amide bonds. The third-order valence-corrected chi connectivity index (χ3v) is 3.61. The molecule has 0 aromatic heterocycles. The van der Waals surface area contributed by atoms with Crippen LogP contribution in [0.3, 0.4) is 0 Å². The molecule has 1 atom stereocenters. The summed E-state index contributed by atoms with van der Waals surface area (Å²) in [6.45, 7) is 3.58. The molecule has 0 bridgehead atoms. The van der Waals surface area contributed by atoms with Gasteiger partial charge in [0, 0.05) is 26.2 Å². The largest absolute Gasteiger partial charge is 0.481 e. The first-order valence-corrected chi connectivity index (χ1v) is 6.81. The summed E-state index contributed by atoms with van der Waals surface area (Å²) in [4.78, 5) is 22.4. The molecule has 1 rings (SSSR count). The van der Waals surface area contributed by atoms with E-state index in [-0.39, 0.29) is 18.2 Å². The fourth-order valence-corrected chi connectivity index (χ4v) is 2.09. The topological polar surface area (TPSA) is 102 Å². The fourth-order valence-electron chi connectivity index (χ4n) is 2.09. The highest BCUT2D eigenvalue weighted by atomic mass is 16.5. The Morgan fingerprint density at radius 3 is 2.58 bits per heavy atom. The molecule has 1 saturated heterocycles. The van der Waals surface area contributed by atoms with Crippen molar-refractivity contribution in [2.45, 2.75) is 44.6 Å². The van der Waals surface area contributed by atoms with E-state index in [1.165, 1.54) is 0 Å². The van der Waals surface area contributed by atoms with Gasteiger partial charge in [-0.3, -0.25) is 9.59 Å². The second kappa shape index (κ2) is 7.45. The van der Waals surface area contributed by atoms with Crippen LogP contribution in [0, 0.1) is 5.92 Å². The van der Waals surface area contributed by atoms with E-state index >= 15 is 0 Å². The van der Waals surface area contributed by atoms with Crippen molar-refractivity contribution in [2.75, 3.05) is 19.8 Å². The lowest BCUT2D eigenvalue weighted by atomic mass is 9.90. The third-order valence-electron chi connectivity index (χ3n) is 3.61. The van der Waals surface area contributed by atoms with Gasteiger partial charge in [-0.05, 0) is 31.6 Å². The van der Waals surface area contributed by atoms with Crippen molar-refractivity contribution >= 4 is 11.9 Å². The van der Waals surface area contributed by atoms with Crippen molar-refractivity contribution in [3.63, 3.8) is 0 Å². The number of ether oxygens (including phenoxy) is 1. The molecule has 0 radical (unpaired) electrons. The Balaban J connectivity index is 2.21. The minimum absolute atomic E-state index is 0.124. The van der Waals surface area contributed by atoms with Gasteiger partial charge in [0.2, 0.25) is 5.91 Å². The van der Waals surface area contributed by atoms with Crippen LogP contribution in [0.5, 0.6) is 0 Å². The number of hydrogen-bond donors (Lipinski definition) is 3. The summed E-state index contributed by atoms with van der Waals surface area (Å²) < 4.78 is 5.20. The Morgan fingerprint density at radius 1 is 1.37 bits per heavy atom. The molecule has 0 spiro atoms. The first kappa shape index (κ1) is 15.9. The minimum Gasteiger partial charge on any atom is -0.481 e. The third kappa shape index (κ3) is 5.57. The van der Waals surface area contributed by atoms with Crippen molar-refractivity contribution < 1.29 is 19.4 Å². The van der Waals surface area contributed by atoms with Gasteiger partial charge in [0.1, 0.15) is 0 Å². The Hall–Kier alpha value is -1.14. The maximum atomic E-state index is 12.0. The van der Waals surface area contributed by atoms with Crippen LogP contribution in [-0.2, 0) is 14.3 Å². The van der Waals surface area contributed by atoms with E-state index in [4.69, 9.17) is 15.6 Å². The van der Waals surface area contributed by atoms with Crippen LogP contribution in [0.15, 0.2) is 0 Å². The van der Waals surface area contributed by atoms with E-state index in [1.54, 1.807) is 0 Å². The Kier molecular flexibility index (Phi) is 6.24. The predicted octanol–water partition coefficient (Wildman–Crippen LogP) is 0.502. The molecular weight excluding hydrogens is 248 g/mol. The van der Waals surface area contributed by atoms with Crippen molar-refractivity contribution in [3.8, 4) is 0 Å². The highest BCUT2D eigenvalue weighted by molar-refractivity contribution is 5.86. The number of nitrogens with one attached hydrogen (secondary N) is 1. The summed E-state index contributed by atoms with van der Waals surface area (Å²) in [5.41, 5.74) is 5.25. The maximum Gasteiger partial charge on any atom is 0.303 e. The fraction of sp³-hybridized carbons (Fsp3) is 0.846. The number of carbonyl (C=O) groups is 2. The average Bonchev–Trinajstić information content (AvgIpc) is 2.37. The predicted molar refractivity (Wildman–Crippen MR) is 70.6 cm³/mol. The zero-order chi connectivity index (χ0) is 14.3. The smallest absolute Gasteiger partial charge is 0.303 e. The zero-order valence-corrected chi connectivity index (χ0v) is 11.5. The van der Waals surface area contributed by atoms with Gasteiger partial charge in [0.15, 0.2) is 0 Å². The maximum absolute atomic E-state index is 12.0. The first-order chi connectivity index (χ1) is 8.94. The minimum atomic E-state index is -0.803. The summed E-state index contributed by atoms with van der Waals surface area (Å²) in [6.07, 6.45) is 2.67. The summed E-state index contributed by atoms with van der Waals surface area (Å²) in [6, 6.07) is 0. The Bertz CT molecular complexity index is 314. The van der Waals surface area contributed by atoms with Gasteiger partial charge in [-0.15, -0.1) is 0 Å². The lowest BCUT2D eigenvalue weighted by molar-refractivity contribution is -0.137. The Labute approximate surface area is 113 Å². The number of nitrogens with two attached hydrogens (primary N) is 1. The zero-order valence-electron chi connectivity index (χ0n) is 11.5. The molecule has 6 nitrogen and oxygen atoms in total. The SMILES string of the molecule is CC(CCNC(=O)C1(N)CCOCC1)CCC(=O)O. The van der Waals surface area contributed by atoms with Gasteiger partial charge in [-0.1, -0.05) is 6.92 Å². The number of rotatable bonds is 7. The molecule has 6 heteroatoms. The molecule has 19 heavy (non-hydrogen) atoms. The van der Waals surface area contributed by atoms with Gasteiger partial charge in [-0.25, -0.2) is 0 Å². The number of amides is 1. The van der Waals surface area contributed by atoms with Gasteiger partial charge in [0.05, 0.1) is 5.54 Å². The number of carbonyl (C=O) groups excluding carboxylic acids is 1. The van der Waals surface area contributed by atoms with Crippen molar-refractivity contribution in [3.05, 3.63) is 0 Å². The van der Waals surface area contributed by atoms with E-state index in [1.807, 2.05) is 6.92 Å². The van der Waals surface area contributed by atoms with Gasteiger partial charge < -0.3 is 20.9 Å². The summed E-state index contributed by atoms with van der Waals surface area (Å²) in [7, 11) is 0. The number of hydrogen-bond acceptors (Lipinski definition) is 4. The second-order valence-corrected chi connectivity index (χ2v) is 5.35. The first-order valence-electron chi connectivity index (χ1n) is 6.81. The molecule has 1 fully saturated rings. The van der Waals surface area contributed by atoms with Crippen LogP contribution in [0.4, 0.5) is 0 Å². The van der Waals surface area contributed by atoms with E-state index in [2.05, 4.69) is 5.32 Å². The van der Waals surface area contributed by atoms with Crippen molar-refractivity contribution in [1.29, 1.82) is 0 Å². The molecule has 1 heterocycles. The molecule has 4 N–H and O–H groups in total. The molecule has 0 saturated carbocycles. The van der Waals surface area contributed by atoms with Crippen LogP contribution >= 0.6 is 0 Å². The summed E-state index contributed by atoms with van der Waals surface area (Å²) in [5.74, 6) is -0.625. The molecule has 1 unspecified atom stereocenters. The number of aliphatic carboxylic acids is 1. The van der Waals surface area contributed by atoms with Crippen LogP contribution < -0.4 is 11.1 Å². The molecule has 1 aliphatic rings. The quantitative estimate of drug-likeness (QED) is 0.626. The van der Waals surface area contributed by atoms with E-state index in [0.29, 0.717) is 39.0 Å². The van der Waals surface area contributed by atoms with E-state index < -0.39 is 11.5 Å². The van der Waals surface area contributed by atoms with Crippen LogP contribution in [-0.4, -0.2) is 42.3 Å². The van der Waals surface area contributed by atoms with Crippen molar-refractivity contribution in [1.82, 2.24) is 5.32 Å². The lowest BCUT2D eigenvalue weighted by Gasteiger charge is -2.31. The molecule has 110 valence electrons. The van der Waals surface area contributed by atoms with Crippen LogP contribution in [0.25, 0.3) is 0 Å². The highest BCUT2D eigenvalue weighted by Gasteiger charge is 2.35. The number of carboxylic acid groups (broad SMARTS) is 1. The second-order valence-electron chi connectivity index (χ2n) is 5.35. The highest BCUT2D eigenvalue weighted by Crippen LogP contribution is 2.18. The van der Waals surface area contributed by atoms with E-state index in [9.17, 15) is 9.59 Å². The average molecular weight is 272 g/mol. The van der Waals surface area contributed by atoms with Gasteiger partial charge in [-0.2, -0.15) is 0 Å². The normalized spacial score (nSPS) is 19.7. The van der Waals surface area contributed by atoms with E-state index in [0.717, 1.165) is 6.42 Å². The molecular formula is C13H24N2O4. The monoisotopic (exact) mass is 272 g/mol. The lowest BCUT2D eigenvalue weighted by Crippen LogP contribution is -2.57. The van der Waals surface area contributed by atoms with Crippen LogP contribution in [0.2, 0.25) is 0 Å². The van der Waals surface area contributed by atoms with Gasteiger partial charge >= 0.3 is 5.97 Å². The molecule has 0 aromatic rings. The standard InChI is InChI=1S/C13H24N2O4/c1-10(2-3-11(16)17)4-7-15-12(18)13(14)5-8-19-9-6-13/h10H,2-9,14H2,1H3,(H,15,18)(H,16,17). The van der Waals surface area contributed by atoms with Crippen molar-refractivity contribution in [2.24, 2.45) is 11.7 Å². The molecule has 1 aliphatic heterocycles. The Morgan fingerprint density at radius 2 is 2.00 bits per heavy atom.